The van der Waals surface area contributed by atoms with Crippen molar-refractivity contribution in [2.75, 3.05) is 0 Å². The second-order valence-corrected chi connectivity index (χ2v) is 4.05. The Hall–Kier alpha value is -1.65. The summed E-state index contributed by atoms with van der Waals surface area (Å²) in [5, 5.41) is 0.527. The Balaban J connectivity index is 2.24. The minimum absolute atomic E-state index is 0.465. The molecule has 0 aromatic carbocycles. The lowest BCUT2D eigenvalue weighted by Gasteiger charge is -2.08. The van der Waals surface area contributed by atoms with Crippen molar-refractivity contribution in [2.24, 2.45) is 5.73 Å². The van der Waals surface area contributed by atoms with E-state index in [9.17, 15) is 0 Å². The van der Waals surface area contributed by atoms with Crippen molar-refractivity contribution in [3.8, 4) is 11.6 Å². The van der Waals surface area contributed by atoms with Crippen LogP contribution in [0.15, 0.2) is 30.7 Å². The van der Waals surface area contributed by atoms with E-state index in [2.05, 4.69) is 9.97 Å². The molecular weight excluding hydrogens is 238 g/mol. The molecule has 0 fully saturated rings. The lowest BCUT2D eigenvalue weighted by molar-refractivity contribution is 0.456. The number of hydrogen-bond acceptors (Lipinski definition) is 4. The highest BCUT2D eigenvalue weighted by Crippen LogP contribution is 2.24. The monoisotopic (exact) mass is 249 g/mol. The van der Waals surface area contributed by atoms with Gasteiger partial charge in [-0.2, -0.15) is 0 Å². The molecule has 4 nitrogen and oxygen atoms in total. The summed E-state index contributed by atoms with van der Waals surface area (Å²) in [6.07, 6.45) is 4.83. The summed E-state index contributed by atoms with van der Waals surface area (Å²) in [4.78, 5) is 8.14. The predicted octanol–water partition coefficient (Wildman–Crippen LogP) is 2.69. The van der Waals surface area contributed by atoms with Crippen molar-refractivity contribution in [3.05, 3.63) is 46.9 Å². The summed E-state index contributed by atoms with van der Waals surface area (Å²) in [6.45, 7) is 2.38. The van der Waals surface area contributed by atoms with Crippen LogP contribution < -0.4 is 10.5 Å². The molecule has 88 valence electrons. The number of nitrogens with two attached hydrogens (primary N) is 1. The number of rotatable bonds is 3. The van der Waals surface area contributed by atoms with Crippen LogP contribution in [0.4, 0.5) is 0 Å². The van der Waals surface area contributed by atoms with Gasteiger partial charge in [0, 0.05) is 30.6 Å². The second-order valence-electron chi connectivity index (χ2n) is 3.61. The summed E-state index contributed by atoms with van der Waals surface area (Å²) >= 11 is 5.82. The lowest BCUT2D eigenvalue weighted by atomic mass is 10.2. The van der Waals surface area contributed by atoms with Gasteiger partial charge in [0.15, 0.2) is 0 Å². The normalized spacial score (nSPS) is 10.3. The molecule has 0 aliphatic rings. The predicted molar refractivity (Wildman–Crippen MR) is 66.2 cm³/mol. The van der Waals surface area contributed by atoms with Crippen molar-refractivity contribution < 1.29 is 4.74 Å². The van der Waals surface area contributed by atoms with Gasteiger partial charge in [-0.25, -0.2) is 4.98 Å². The van der Waals surface area contributed by atoms with E-state index < -0.39 is 0 Å². The first kappa shape index (κ1) is 11.8. The highest BCUT2D eigenvalue weighted by atomic mass is 35.5. The largest absolute Gasteiger partial charge is 0.437 e. The van der Waals surface area contributed by atoms with Crippen LogP contribution in [0, 0.1) is 6.92 Å². The summed E-state index contributed by atoms with van der Waals surface area (Å²) in [5.74, 6) is 1.10. The minimum atomic E-state index is 0.465. The van der Waals surface area contributed by atoms with Crippen LogP contribution in [0.25, 0.3) is 0 Å². The van der Waals surface area contributed by atoms with E-state index in [1.165, 1.54) is 0 Å². The number of hydrogen-bond donors (Lipinski definition) is 1. The third-order valence-electron chi connectivity index (χ3n) is 2.22. The van der Waals surface area contributed by atoms with Gasteiger partial charge in [0.2, 0.25) is 5.88 Å². The third kappa shape index (κ3) is 2.93. The number of aryl methyl sites for hydroxylation is 1. The Labute approximate surface area is 104 Å². The van der Waals surface area contributed by atoms with Gasteiger partial charge in [-0.05, 0) is 18.6 Å². The van der Waals surface area contributed by atoms with Crippen LogP contribution in [-0.2, 0) is 6.54 Å². The van der Waals surface area contributed by atoms with E-state index in [-0.39, 0.29) is 0 Å². The fraction of sp³-hybridized carbons (Fsp3) is 0.167. The van der Waals surface area contributed by atoms with Crippen molar-refractivity contribution in [1.29, 1.82) is 0 Å². The molecule has 0 aliphatic heterocycles. The summed E-state index contributed by atoms with van der Waals surface area (Å²) in [7, 11) is 0. The van der Waals surface area contributed by atoms with Gasteiger partial charge in [-0.3, -0.25) is 4.98 Å². The van der Waals surface area contributed by atoms with Crippen LogP contribution in [-0.4, -0.2) is 9.97 Å². The number of ether oxygens (including phenoxy) is 1. The number of pyridine rings is 2. The molecule has 0 atom stereocenters. The first-order chi connectivity index (χ1) is 8.19. The maximum Gasteiger partial charge on any atom is 0.222 e. The van der Waals surface area contributed by atoms with Gasteiger partial charge in [0.1, 0.15) is 5.75 Å². The van der Waals surface area contributed by atoms with Gasteiger partial charge in [0.25, 0.3) is 0 Å². The molecule has 0 unspecified atom stereocenters. The standard InChI is InChI=1S/C12H12ClN3O/c1-8-2-9(4-14)5-16-12(8)17-11-3-10(13)6-15-7-11/h2-3,5-7H,4,14H2,1H3. The zero-order valence-corrected chi connectivity index (χ0v) is 10.1. The van der Waals surface area contributed by atoms with E-state index in [0.717, 1.165) is 11.1 Å². The molecule has 0 bridgehead atoms. The van der Waals surface area contributed by atoms with Crippen LogP contribution in [0.1, 0.15) is 11.1 Å². The molecule has 5 heteroatoms. The number of nitrogens with zero attached hydrogens (tertiary/aromatic N) is 2. The van der Waals surface area contributed by atoms with E-state index >= 15 is 0 Å². The smallest absolute Gasteiger partial charge is 0.222 e. The lowest BCUT2D eigenvalue weighted by Crippen LogP contribution is -1.99. The third-order valence-corrected chi connectivity index (χ3v) is 2.42. The molecule has 0 amide bonds. The van der Waals surface area contributed by atoms with E-state index in [0.29, 0.717) is 23.2 Å². The molecule has 0 saturated heterocycles. The zero-order chi connectivity index (χ0) is 12.3. The average Bonchev–Trinajstić information content (AvgIpc) is 2.32. The topological polar surface area (TPSA) is 61.0 Å². The Morgan fingerprint density at radius 2 is 2.12 bits per heavy atom. The van der Waals surface area contributed by atoms with Gasteiger partial charge < -0.3 is 10.5 Å². The molecule has 17 heavy (non-hydrogen) atoms. The van der Waals surface area contributed by atoms with Crippen molar-refractivity contribution in [2.45, 2.75) is 13.5 Å². The Kier molecular flexibility index (Phi) is 3.56. The fourth-order valence-corrected chi connectivity index (χ4v) is 1.56. The summed E-state index contributed by atoms with van der Waals surface area (Å²) in [5.41, 5.74) is 7.43. The molecule has 0 aliphatic carbocycles. The minimum Gasteiger partial charge on any atom is -0.437 e. The van der Waals surface area contributed by atoms with Gasteiger partial charge in [0.05, 0.1) is 11.2 Å². The first-order valence-corrected chi connectivity index (χ1v) is 5.51. The van der Waals surface area contributed by atoms with Crippen molar-refractivity contribution >= 4 is 11.6 Å². The SMILES string of the molecule is Cc1cc(CN)cnc1Oc1cncc(Cl)c1. The molecule has 2 N–H and O–H groups in total. The molecule has 2 aromatic rings. The quantitative estimate of drug-likeness (QED) is 0.909. The average molecular weight is 250 g/mol. The Morgan fingerprint density at radius 3 is 2.76 bits per heavy atom. The van der Waals surface area contributed by atoms with Gasteiger partial charge >= 0.3 is 0 Å². The Bertz CT molecular complexity index is 531. The second kappa shape index (κ2) is 5.12. The molecular formula is C12H12ClN3O. The van der Waals surface area contributed by atoms with Crippen LogP contribution in [0.5, 0.6) is 11.6 Å². The van der Waals surface area contributed by atoms with Crippen LogP contribution in [0.3, 0.4) is 0 Å². The highest BCUT2D eigenvalue weighted by molar-refractivity contribution is 6.30. The van der Waals surface area contributed by atoms with Gasteiger partial charge in [-0.15, -0.1) is 0 Å². The van der Waals surface area contributed by atoms with E-state index in [4.69, 9.17) is 22.1 Å². The van der Waals surface area contributed by atoms with Crippen molar-refractivity contribution in [1.82, 2.24) is 9.97 Å². The zero-order valence-electron chi connectivity index (χ0n) is 9.35. The van der Waals surface area contributed by atoms with Gasteiger partial charge in [-0.1, -0.05) is 11.6 Å². The van der Waals surface area contributed by atoms with Crippen LogP contribution >= 0.6 is 11.6 Å². The number of halogens is 1. The molecule has 0 saturated carbocycles. The Morgan fingerprint density at radius 1 is 1.29 bits per heavy atom. The summed E-state index contributed by atoms with van der Waals surface area (Å²) in [6, 6.07) is 3.63. The molecule has 0 spiro atoms. The maximum absolute atomic E-state index is 5.82. The molecule has 2 heterocycles. The first-order valence-electron chi connectivity index (χ1n) is 5.13. The van der Waals surface area contributed by atoms with Crippen LogP contribution in [0.2, 0.25) is 5.02 Å². The number of aromatic nitrogens is 2. The van der Waals surface area contributed by atoms with Crippen molar-refractivity contribution in [3.63, 3.8) is 0 Å². The molecule has 2 aromatic heterocycles. The van der Waals surface area contributed by atoms with E-state index in [1.807, 2.05) is 13.0 Å². The molecule has 0 radical (unpaired) electrons. The van der Waals surface area contributed by atoms with E-state index in [1.54, 1.807) is 24.7 Å². The highest BCUT2D eigenvalue weighted by Gasteiger charge is 2.04. The fourth-order valence-electron chi connectivity index (χ4n) is 1.40. The molecule has 2 rings (SSSR count). The summed E-state index contributed by atoms with van der Waals surface area (Å²) < 4.78 is 5.59. The maximum atomic E-state index is 5.82.